The summed E-state index contributed by atoms with van der Waals surface area (Å²) in [6, 6.07) is 23.2. The van der Waals surface area contributed by atoms with Gasteiger partial charge in [-0.2, -0.15) is 0 Å². The zero-order valence-electron chi connectivity index (χ0n) is 19.5. The van der Waals surface area contributed by atoms with Crippen LogP contribution in [0, 0.1) is 16.0 Å². The molecule has 0 radical (unpaired) electrons. The standard InChI is InChI=1S/C27H22N4O4S2/c32-25(18-9-10-18)28-20-11-13-22(14-12-20)37-24(17-5-2-1-3-6-17)26(33)30-27-29-23(16-36-27)19-7-4-8-21(15-19)31(34)35/h1-8,11-16,18,24H,9-10H2,(H,28,32)(H,29,30,33). The average molecular weight is 531 g/mol. The van der Waals surface area contributed by atoms with Crippen LogP contribution in [0.15, 0.2) is 89.1 Å². The predicted octanol–water partition coefficient (Wildman–Crippen LogP) is 6.54. The monoisotopic (exact) mass is 530 g/mol. The van der Waals surface area contributed by atoms with Crippen molar-refractivity contribution in [1.82, 2.24) is 4.98 Å². The van der Waals surface area contributed by atoms with Gasteiger partial charge in [0.1, 0.15) is 5.25 Å². The van der Waals surface area contributed by atoms with Gasteiger partial charge in [-0.3, -0.25) is 19.7 Å². The van der Waals surface area contributed by atoms with Gasteiger partial charge in [0.2, 0.25) is 11.8 Å². The summed E-state index contributed by atoms with van der Waals surface area (Å²) in [6.45, 7) is 0. The number of aromatic nitrogens is 1. The van der Waals surface area contributed by atoms with Crippen molar-refractivity contribution < 1.29 is 14.5 Å². The van der Waals surface area contributed by atoms with Crippen LogP contribution in [0.5, 0.6) is 0 Å². The third-order valence-corrected chi connectivity index (χ3v) is 7.78. The number of amides is 2. The van der Waals surface area contributed by atoms with E-state index in [1.54, 1.807) is 17.5 Å². The Hall–Kier alpha value is -4.02. The number of thiazole rings is 1. The second-order valence-corrected chi connectivity index (χ2v) is 10.6. The minimum absolute atomic E-state index is 0.0187. The number of thioether (sulfide) groups is 1. The third kappa shape index (κ3) is 6.22. The minimum atomic E-state index is -0.543. The molecule has 1 aromatic heterocycles. The molecule has 2 amide bonds. The van der Waals surface area contributed by atoms with Crippen molar-refractivity contribution in [3.8, 4) is 11.3 Å². The highest BCUT2D eigenvalue weighted by Gasteiger charge is 2.29. The van der Waals surface area contributed by atoms with Crippen molar-refractivity contribution in [2.24, 2.45) is 5.92 Å². The molecule has 1 fully saturated rings. The van der Waals surface area contributed by atoms with Gasteiger partial charge < -0.3 is 10.6 Å². The number of nitro groups is 1. The van der Waals surface area contributed by atoms with E-state index < -0.39 is 10.2 Å². The number of anilines is 2. The summed E-state index contributed by atoms with van der Waals surface area (Å²) in [5.41, 5.74) is 2.71. The zero-order chi connectivity index (χ0) is 25.8. The summed E-state index contributed by atoms with van der Waals surface area (Å²) >= 11 is 2.66. The molecule has 0 spiro atoms. The zero-order valence-corrected chi connectivity index (χ0v) is 21.1. The summed E-state index contributed by atoms with van der Waals surface area (Å²) in [4.78, 5) is 41.4. The van der Waals surface area contributed by atoms with E-state index in [0.717, 1.165) is 29.0 Å². The Morgan fingerprint density at radius 1 is 1.00 bits per heavy atom. The highest BCUT2D eigenvalue weighted by molar-refractivity contribution is 8.00. The van der Waals surface area contributed by atoms with Gasteiger partial charge in [-0.1, -0.05) is 42.5 Å². The van der Waals surface area contributed by atoms with Gasteiger partial charge in [0, 0.05) is 39.6 Å². The highest BCUT2D eigenvalue weighted by atomic mass is 32.2. The second-order valence-electron chi connectivity index (χ2n) is 8.53. The van der Waals surface area contributed by atoms with E-state index in [0.29, 0.717) is 16.4 Å². The number of nitrogens with zero attached hydrogens (tertiary/aromatic N) is 2. The van der Waals surface area contributed by atoms with E-state index in [9.17, 15) is 19.7 Å². The number of nitrogens with one attached hydrogen (secondary N) is 2. The minimum Gasteiger partial charge on any atom is -0.326 e. The molecule has 2 N–H and O–H groups in total. The predicted molar refractivity (Wildman–Crippen MR) is 146 cm³/mol. The van der Waals surface area contributed by atoms with Gasteiger partial charge in [0.15, 0.2) is 5.13 Å². The fourth-order valence-electron chi connectivity index (χ4n) is 3.66. The summed E-state index contributed by atoms with van der Waals surface area (Å²) in [5, 5.41) is 18.6. The maximum absolute atomic E-state index is 13.4. The van der Waals surface area contributed by atoms with Crippen LogP contribution in [-0.2, 0) is 9.59 Å². The Morgan fingerprint density at radius 3 is 2.46 bits per heavy atom. The van der Waals surface area contributed by atoms with Crippen LogP contribution in [0.1, 0.15) is 23.7 Å². The van der Waals surface area contributed by atoms with Crippen LogP contribution in [-0.4, -0.2) is 21.7 Å². The Kier molecular flexibility index (Phi) is 7.29. The van der Waals surface area contributed by atoms with Crippen LogP contribution in [0.25, 0.3) is 11.3 Å². The SMILES string of the molecule is O=C(Nc1ccc(SC(C(=O)Nc2nc(-c3cccc([N+](=O)[O-])c3)cs2)c2ccccc2)cc1)C1CC1. The average Bonchev–Trinajstić information content (AvgIpc) is 3.67. The van der Waals surface area contributed by atoms with E-state index in [4.69, 9.17) is 0 Å². The molecule has 1 atom stereocenters. The van der Waals surface area contributed by atoms with Crippen molar-refractivity contribution in [3.05, 3.63) is 99.9 Å². The Balaban J connectivity index is 1.31. The second kappa shape index (κ2) is 10.9. The van der Waals surface area contributed by atoms with E-state index >= 15 is 0 Å². The normalized spacial score (nSPS) is 13.5. The molecule has 5 rings (SSSR count). The van der Waals surface area contributed by atoms with E-state index in [1.165, 1.54) is 35.2 Å². The molecular weight excluding hydrogens is 508 g/mol. The maximum Gasteiger partial charge on any atom is 0.270 e. The Labute approximate surface area is 221 Å². The summed E-state index contributed by atoms with van der Waals surface area (Å²) in [6.07, 6.45) is 1.89. The van der Waals surface area contributed by atoms with Gasteiger partial charge in [-0.15, -0.1) is 23.1 Å². The third-order valence-electron chi connectivity index (χ3n) is 5.75. The van der Waals surface area contributed by atoms with Crippen molar-refractivity contribution in [2.45, 2.75) is 23.0 Å². The van der Waals surface area contributed by atoms with E-state index in [2.05, 4.69) is 15.6 Å². The lowest BCUT2D eigenvalue weighted by atomic mass is 10.1. The molecule has 0 saturated heterocycles. The van der Waals surface area contributed by atoms with Crippen LogP contribution in [0.2, 0.25) is 0 Å². The van der Waals surface area contributed by atoms with Gasteiger partial charge in [0.05, 0.1) is 10.6 Å². The summed E-state index contributed by atoms with van der Waals surface area (Å²) in [7, 11) is 0. The molecule has 1 aliphatic carbocycles. The summed E-state index contributed by atoms with van der Waals surface area (Å²) in [5.74, 6) is -0.0549. The molecule has 1 unspecified atom stereocenters. The number of carbonyl (C=O) groups excluding carboxylic acids is 2. The quantitative estimate of drug-likeness (QED) is 0.144. The van der Waals surface area contributed by atoms with Gasteiger partial charge >= 0.3 is 0 Å². The lowest BCUT2D eigenvalue weighted by molar-refractivity contribution is -0.384. The van der Waals surface area contributed by atoms with Crippen molar-refractivity contribution in [3.63, 3.8) is 0 Å². The van der Waals surface area contributed by atoms with Crippen LogP contribution in [0.4, 0.5) is 16.5 Å². The molecule has 1 aliphatic rings. The number of carbonyl (C=O) groups is 2. The molecule has 4 aromatic rings. The van der Waals surface area contributed by atoms with E-state index in [-0.39, 0.29) is 23.4 Å². The Bertz CT molecular complexity index is 1440. The maximum atomic E-state index is 13.4. The first kappa shape index (κ1) is 24.7. The molecular formula is C27H22N4O4S2. The number of nitro benzene ring substituents is 1. The smallest absolute Gasteiger partial charge is 0.270 e. The molecule has 1 saturated carbocycles. The fraction of sp³-hybridized carbons (Fsp3) is 0.148. The van der Waals surface area contributed by atoms with Gasteiger partial charge in [-0.05, 0) is 42.7 Å². The molecule has 37 heavy (non-hydrogen) atoms. The highest BCUT2D eigenvalue weighted by Crippen LogP contribution is 2.38. The molecule has 8 nitrogen and oxygen atoms in total. The molecule has 10 heteroatoms. The first-order chi connectivity index (χ1) is 18.0. The number of hydrogen-bond donors (Lipinski definition) is 2. The number of benzene rings is 3. The lowest BCUT2D eigenvalue weighted by Gasteiger charge is -2.16. The van der Waals surface area contributed by atoms with Crippen LogP contribution >= 0.6 is 23.1 Å². The van der Waals surface area contributed by atoms with E-state index in [1.807, 2.05) is 54.6 Å². The van der Waals surface area contributed by atoms with Gasteiger partial charge in [-0.25, -0.2) is 4.98 Å². The first-order valence-corrected chi connectivity index (χ1v) is 13.4. The topological polar surface area (TPSA) is 114 Å². The Morgan fingerprint density at radius 2 is 1.76 bits per heavy atom. The van der Waals surface area contributed by atoms with Crippen LogP contribution < -0.4 is 10.6 Å². The number of rotatable bonds is 9. The molecule has 0 bridgehead atoms. The summed E-state index contributed by atoms with van der Waals surface area (Å²) < 4.78 is 0. The van der Waals surface area contributed by atoms with Crippen molar-refractivity contribution in [1.29, 1.82) is 0 Å². The largest absolute Gasteiger partial charge is 0.326 e. The van der Waals surface area contributed by atoms with Crippen molar-refractivity contribution in [2.75, 3.05) is 10.6 Å². The number of non-ortho nitro benzene ring substituents is 1. The molecule has 0 aliphatic heterocycles. The van der Waals surface area contributed by atoms with Crippen LogP contribution in [0.3, 0.4) is 0 Å². The van der Waals surface area contributed by atoms with Gasteiger partial charge in [0.25, 0.3) is 5.69 Å². The molecule has 186 valence electrons. The number of hydrogen-bond acceptors (Lipinski definition) is 7. The first-order valence-electron chi connectivity index (χ1n) is 11.6. The molecule has 1 heterocycles. The molecule has 3 aromatic carbocycles. The lowest BCUT2D eigenvalue weighted by Crippen LogP contribution is -2.19. The fourth-order valence-corrected chi connectivity index (χ4v) is 5.40. The van der Waals surface area contributed by atoms with Crippen molar-refractivity contribution >= 4 is 51.4 Å².